The number of hydrogen-bond acceptors (Lipinski definition) is 4. The Hall–Kier alpha value is -1.33. The predicted octanol–water partition coefficient (Wildman–Crippen LogP) is 3.74. The van der Waals surface area contributed by atoms with Crippen molar-refractivity contribution in [3.8, 4) is 11.4 Å². The molecular formula is C16H22N4S. The Balaban J connectivity index is 1.73. The summed E-state index contributed by atoms with van der Waals surface area (Å²) in [4.78, 5) is 7.03. The molecule has 1 unspecified atom stereocenters. The number of benzene rings is 1. The molecule has 1 saturated heterocycles. The third kappa shape index (κ3) is 3.30. The van der Waals surface area contributed by atoms with Gasteiger partial charge in [0.15, 0.2) is 5.82 Å². The van der Waals surface area contributed by atoms with E-state index in [1.165, 1.54) is 37.9 Å². The van der Waals surface area contributed by atoms with Crippen LogP contribution in [-0.2, 0) is 0 Å². The van der Waals surface area contributed by atoms with E-state index in [9.17, 15) is 0 Å². The van der Waals surface area contributed by atoms with Gasteiger partial charge in [0, 0.05) is 11.6 Å². The third-order valence-electron chi connectivity index (χ3n) is 4.25. The van der Waals surface area contributed by atoms with Crippen molar-refractivity contribution in [3.63, 3.8) is 0 Å². The number of piperidine rings is 1. The van der Waals surface area contributed by atoms with Gasteiger partial charge in [0.2, 0.25) is 5.16 Å². The van der Waals surface area contributed by atoms with Gasteiger partial charge in [-0.05, 0) is 44.7 Å². The maximum Gasteiger partial charge on any atom is 0.208 e. The third-order valence-corrected chi connectivity index (χ3v) is 4.80. The minimum atomic E-state index is 0.496. The molecule has 112 valence electrons. The smallest absolute Gasteiger partial charge is 0.208 e. The lowest BCUT2D eigenvalue weighted by Gasteiger charge is -2.32. The van der Waals surface area contributed by atoms with Crippen LogP contribution in [0.4, 0.5) is 0 Å². The summed E-state index contributed by atoms with van der Waals surface area (Å²) < 4.78 is 0. The Morgan fingerprint density at radius 2 is 1.86 bits per heavy atom. The van der Waals surface area contributed by atoms with Gasteiger partial charge >= 0.3 is 0 Å². The highest BCUT2D eigenvalue weighted by atomic mass is 32.2. The van der Waals surface area contributed by atoms with Gasteiger partial charge in [-0.2, -0.15) is 0 Å². The van der Waals surface area contributed by atoms with E-state index in [4.69, 9.17) is 0 Å². The first-order valence-electron chi connectivity index (χ1n) is 7.58. The zero-order valence-corrected chi connectivity index (χ0v) is 13.5. The van der Waals surface area contributed by atoms with Gasteiger partial charge in [-0.1, -0.05) is 42.4 Å². The number of aromatic nitrogens is 3. The van der Waals surface area contributed by atoms with Gasteiger partial charge in [-0.3, -0.25) is 10.00 Å². The van der Waals surface area contributed by atoms with E-state index in [0.29, 0.717) is 6.04 Å². The summed E-state index contributed by atoms with van der Waals surface area (Å²) in [5.41, 5.74) is 2.47. The molecule has 1 fully saturated rings. The molecule has 0 radical (unpaired) electrons. The highest BCUT2D eigenvalue weighted by molar-refractivity contribution is 7.98. The summed E-state index contributed by atoms with van der Waals surface area (Å²) >= 11 is 1.55. The maximum atomic E-state index is 4.45. The lowest BCUT2D eigenvalue weighted by Crippen LogP contribution is -2.32. The Bertz CT molecular complexity index is 572. The Labute approximate surface area is 130 Å². The molecule has 1 atom stereocenters. The van der Waals surface area contributed by atoms with E-state index in [1.54, 1.807) is 11.8 Å². The van der Waals surface area contributed by atoms with E-state index in [1.807, 2.05) is 6.26 Å². The van der Waals surface area contributed by atoms with Gasteiger partial charge in [-0.15, -0.1) is 5.10 Å². The molecule has 1 aliphatic heterocycles. The summed E-state index contributed by atoms with van der Waals surface area (Å²) in [7, 11) is 0. The normalized spacial score (nSPS) is 17.8. The molecule has 0 aliphatic carbocycles. The zero-order valence-electron chi connectivity index (χ0n) is 12.7. The molecule has 21 heavy (non-hydrogen) atoms. The van der Waals surface area contributed by atoms with Crippen molar-refractivity contribution >= 4 is 11.8 Å². The minimum Gasteiger partial charge on any atom is -0.297 e. The van der Waals surface area contributed by atoms with Crippen LogP contribution in [0.25, 0.3) is 11.4 Å². The van der Waals surface area contributed by atoms with E-state index in [-0.39, 0.29) is 0 Å². The second-order valence-corrected chi connectivity index (χ2v) is 6.34. The van der Waals surface area contributed by atoms with Gasteiger partial charge in [-0.25, -0.2) is 4.98 Å². The molecule has 1 N–H and O–H groups in total. The summed E-state index contributed by atoms with van der Waals surface area (Å²) in [6.07, 6.45) is 6.03. The number of nitrogens with zero attached hydrogens (tertiary/aromatic N) is 3. The predicted molar refractivity (Wildman–Crippen MR) is 87.4 cm³/mol. The van der Waals surface area contributed by atoms with Crippen LogP contribution in [0.3, 0.4) is 0 Å². The van der Waals surface area contributed by atoms with Crippen molar-refractivity contribution < 1.29 is 0 Å². The van der Waals surface area contributed by atoms with Crippen molar-refractivity contribution in [1.82, 2.24) is 20.1 Å². The topological polar surface area (TPSA) is 44.8 Å². The minimum absolute atomic E-state index is 0.496. The van der Waals surface area contributed by atoms with Crippen LogP contribution >= 0.6 is 11.8 Å². The summed E-state index contributed by atoms with van der Waals surface area (Å²) in [6.45, 7) is 4.75. The lowest BCUT2D eigenvalue weighted by molar-refractivity contribution is 0.175. The molecule has 5 heteroatoms. The molecule has 0 bridgehead atoms. The fourth-order valence-corrected chi connectivity index (χ4v) is 3.22. The second-order valence-electron chi connectivity index (χ2n) is 5.57. The van der Waals surface area contributed by atoms with Crippen molar-refractivity contribution in [3.05, 3.63) is 29.8 Å². The largest absolute Gasteiger partial charge is 0.297 e. The van der Waals surface area contributed by atoms with Crippen LogP contribution < -0.4 is 0 Å². The van der Waals surface area contributed by atoms with Crippen molar-refractivity contribution in [2.45, 2.75) is 37.4 Å². The number of hydrogen-bond donors (Lipinski definition) is 1. The molecule has 1 aliphatic rings. The van der Waals surface area contributed by atoms with Crippen molar-refractivity contribution in [2.24, 2.45) is 0 Å². The monoisotopic (exact) mass is 302 g/mol. The van der Waals surface area contributed by atoms with Crippen LogP contribution in [0, 0.1) is 0 Å². The zero-order chi connectivity index (χ0) is 14.7. The Morgan fingerprint density at radius 1 is 1.14 bits per heavy atom. The highest BCUT2D eigenvalue weighted by Gasteiger charge is 2.18. The number of aromatic amines is 1. The highest BCUT2D eigenvalue weighted by Crippen LogP contribution is 2.26. The molecule has 2 aromatic rings. The standard InChI is InChI=1S/C16H22N4S/c1-12(20-10-4-3-5-11-20)13-6-8-14(9-7-13)15-17-16(21-2)19-18-15/h6-9,12H,3-5,10-11H2,1-2H3,(H,17,18,19). The molecule has 4 nitrogen and oxygen atoms in total. The second kappa shape index (κ2) is 6.62. The number of H-pyrrole nitrogens is 1. The molecule has 2 heterocycles. The number of likely N-dealkylation sites (tertiary alicyclic amines) is 1. The van der Waals surface area contributed by atoms with Gasteiger partial charge in [0.25, 0.3) is 0 Å². The van der Waals surface area contributed by atoms with Crippen LogP contribution in [0.5, 0.6) is 0 Å². The summed E-state index contributed by atoms with van der Waals surface area (Å²) in [5, 5.41) is 7.94. The van der Waals surface area contributed by atoms with Crippen LogP contribution in [-0.4, -0.2) is 39.4 Å². The van der Waals surface area contributed by atoms with Crippen LogP contribution in [0.15, 0.2) is 29.4 Å². The average molecular weight is 302 g/mol. The Morgan fingerprint density at radius 3 is 2.48 bits per heavy atom. The van der Waals surface area contributed by atoms with Crippen LogP contribution in [0.2, 0.25) is 0 Å². The van der Waals surface area contributed by atoms with Crippen molar-refractivity contribution in [1.29, 1.82) is 0 Å². The van der Waals surface area contributed by atoms with Crippen LogP contribution in [0.1, 0.15) is 37.8 Å². The summed E-state index contributed by atoms with van der Waals surface area (Å²) in [6, 6.07) is 9.21. The van der Waals surface area contributed by atoms with Gasteiger partial charge in [0.1, 0.15) is 0 Å². The number of rotatable bonds is 4. The first-order valence-corrected chi connectivity index (χ1v) is 8.81. The molecule has 0 amide bonds. The summed E-state index contributed by atoms with van der Waals surface area (Å²) in [5.74, 6) is 0.844. The first-order chi connectivity index (χ1) is 10.3. The molecular weight excluding hydrogens is 280 g/mol. The molecule has 1 aromatic heterocycles. The SMILES string of the molecule is CSc1n[nH]c(-c2ccc(C(C)N3CCCCC3)cc2)n1. The average Bonchev–Trinajstić information content (AvgIpc) is 3.04. The van der Waals surface area contributed by atoms with Gasteiger partial charge in [0.05, 0.1) is 0 Å². The molecule has 0 saturated carbocycles. The fraction of sp³-hybridized carbons (Fsp3) is 0.500. The van der Waals surface area contributed by atoms with Crippen molar-refractivity contribution in [2.75, 3.05) is 19.3 Å². The first kappa shape index (κ1) is 14.6. The number of nitrogens with one attached hydrogen (secondary N) is 1. The number of thioether (sulfide) groups is 1. The van der Waals surface area contributed by atoms with E-state index >= 15 is 0 Å². The molecule has 3 rings (SSSR count). The Kier molecular flexibility index (Phi) is 4.60. The van der Waals surface area contributed by atoms with E-state index in [2.05, 4.69) is 51.3 Å². The lowest BCUT2D eigenvalue weighted by atomic mass is 10.0. The van der Waals surface area contributed by atoms with Gasteiger partial charge < -0.3 is 0 Å². The maximum absolute atomic E-state index is 4.45. The molecule has 1 aromatic carbocycles. The van der Waals surface area contributed by atoms with E-state index in [0.717, 1.165) is 16.5 Å². The fourth-order valence-electron chi connectivity index (χ4n) is 2.90. The molecule has 0 spiro atoms. The van der Waals surface area contributed by atoms with E-state index < -0.39 is 0 Å². The quantitative estimate of drug-likeness (QED) is 0.874.